The van der Waals surface area contributed by atoms with Crippen LogP contribution in [-0.2, 0) is 4.79 Å². The molecule has 0 unspecified atom stereocenters. The Bertz CT molecular complexity index is 491. The topological polar surface area (TPSA) is 43.8 Å². The lowest BCUT2D eigenvalue weighted by Gasteiger charge is -2.24. The molecule has 1 aromatic rings. The van der Waals surface area contributed by atoms with Crippen molar-refractivity contribution in [3.8, 4) is 0 Å². The number of carbonyl (C=O) groups is 1. The van der Waals surface area contributed by atoms with Crippen molar-refractivity contribution in [1.29, 1.82) is 0 Å². The van der Waals surface area contributed by atoms with Gasteiger partial charge in [-0.25, -0.2) is 0 Å². The Morgan fingerprint density at radius 1 is 1.30 bits per heavy atom. The number of benzene rings is 1. The van der Waals surface area contributed by atoms with Crippen molar-refractivity contribution in [2.24, 2.45) is 0 Å². The second kappa shape index (κ2) is 6.59. The van der Waals surface area contributed by atoms with Crippen LogP contribution in [0, 0.1) is 0 Å². The van der Waals surface area contributed by atoms with Gasteiger partial charge in [0, 0.05) is 43.3 Å². The highest BCUT2D eigenvalue weighted by atomic mass is 79.9. The summed E-state index contributed by atoms with van der Waals surface area (Å²) in [6, 6.07) is 6.04. The fourth-order valence-electron chi connectivity index (χ4n) is 2.54. The molecule has 1 atom stereocenters. The fourth-order valence-corrected chi connectivity index (χ4v) is 3.24. The zero-order valence-electron chi connectivity index (χ0n) is 12.0. The maximum absolute atomic E-state index is 11.4. The summed E-state index contributed by atoms with van der Waals surface area (Å²) in [7, 11) is 0. The highest BCUT2D eigenvalue weighted by Gasteiger charge is 2.17. The molecule has 1 saturated heterocycles. The van der Waals surface area contributed by atoms with Gasteiger partial charge in [-0.2, -0.15) is 0 Å². The molecule has 0 spiro atoms. The zero-order chi connectivity index (χ0) is 14.7. The molecule has 1 aromatic carbocycles. The molecule has 0 bridgehead atoms. The molecule has 4 nitrogen and oxygen atoms in total. The number of halogens is 1. The second-order valence-electron chi connectivity index (χ2n) is 5.23. The van der Waals surface area contributed by atoms with Crippen molar-refractivity contribution in [1.82, 2.24) is 4.90 Å². The minimum absolute atomic E-state index is 0.150. The molecule has 0 saturated carbocycles. The van der Waals surface area contributed by atoms with Crippen LogP contribution in [-0.4, -0.2) is 42.1 Å². The molecule has 1 aliphatic rings. The SMILES string of the molecule is CC(=O)N1CCCN(c2ccc([C@@H](C)O)c(Br)c2)CC1. The average Bonchev–Trinajstić information content (AvgIpc) is 2.63. The van der Waals surface area contributed by atoms with E-state index in [2.05, 4.69) is 20.8 Å². The fraction of sp³-hybridized carbons (Fsp3) is 0.533. The van der Waals surface area contributed by atoms with Crippen molar-refractivity contribution in [3.05, 3.63) is 28.2 Å². The predicted octanol–water partition coefficient (Wildman–Crippen LogP) is 2.56. The molecule has 0 radical (unpaired) electrons. The molecular formula is C15H21BrN2O2. The van der Waals surface area contributed by atoms with Gasteiger partial charge in [0.05, 0.1) is 6.10 Å². The standard InChI is InChI=1S/C15H21BrN2O2/c1-11(19)14-5-4-13(10-15(14)16)18-7-3-6-17(8-9-18)12(2)20/h4-5,10-11,19H,3,6-9H2,1-2H3/t11-/m1/s1. The molecular weight excluding hydrogens is 320 g/mol. The molecule has 0 aromatic heterocycles. The van der Waals surface area contributed by atoms with E-state index in [0.29, 0.717) is 0 Å². The largest absolute Gasteiger partial charge is 0.389 e. The molecule has 2 rings (SSSR count). The van der Waals surface area contributed by atoms with Gasteiger partial charge >= 0.3 is 0 Å². The Kier molecular flexibility index (Phi) is 5.05. The number of rotatable bonds is 2. The summed E-state index contributed by atoms with van der Waals surface area (Å²) in [5.41, 5.74) is 2.03. The van der Waals surface area contributed by atoms with Crippen LogP contribution in [0.2, 0.25) is 0 Å². The van der Waals surface area contributed by atoms with E-state index in [-0.39, 0.29) is 5.91 Å². The van der Waals surface area contributed by atoms with Crippen molar-refractivity contribution >= 4 is 27.5 Å². The smallest absolute Gasteiger partial charge is 0.219 e. The highest BCUT2D eigenvalue weighted by Crippen LogP contribution is 2.28. The van der Waals surface area contributed by atoms with E-state index in [9.17, 15) is 9.90 Å². The first-order valence-corrected chi connectivity index (χ1v) is 7.76. The van der Waals surface area contributed by atoms with E-state index in [1.165, 1.54) is 0 Å². The van der Waals surface area contributed by atoms with Crippen LogP contribution in [0.3, 0.4) is 0 Å². The van der Waals surface area contributed by atoms with Gasteiger partial charge in [-0.1, -0.05) is 22.0 Å². The van der Waals surface area contributed by atoms with E-state index in [4.69, 9.17) is 0 Å². The molecule has 1 amide bonds. The van der Waals surface area contributed by atoms with Crippen molar-refractivity contribution in [2.45, 2.75) is 26.4 Å². The van der Waals surface area contributed by atoms with Gasteiger partial charge in [0.15, 0.2) is 0 Å². The predicted molar refractivity (Wildman–Crippen MR) is 83.9 cm³/mol. The summed E-state index contributed by atoms with van der Waals surface area (Å²) in [5, 5.41) is 9.66. The minimum Gasteiger partial charge on any atom is -0.389 e. The maximum Gasteiger partial charge on any atom is 0.219 e. The number of anilines is 1. The normalized spacial score (nSPS) is 17.8. The summed E-state index contributed by atoms with van der Waals surface area (Å²) in [5.74, 6) is 0.150. The Labute approximate surface area is 128 Å². The van der Waals surface area contributed by atoms with E-state index in [0.717, 1.165) is 48.3 Å². The van der Waals surface area contributed by atoms with Gasteiger partial charge in [0.25, 0.3) is 0 Å². The maximum atomic E-state index is 11.4. The Morgan fingerprint density at radius 2 is 2.05 bits per heavy atom. The Hall–Kier alpha value is -1.07. The van der Waals surface area contributed by atoms with Gasteiger partial charge in [0.1, 0.15) is 0 Å². The first kappa shape index (κ1) is 15.3. The van der Waals surface area contributed by atoms with E-state index >= 15 is 0 Å². The molecule has 1 fully saturated rings. The van der Waals surface area contributed by atoms with Crippen molar-refractivity contribution in [3.63, 3.8) is 0 Å². The third-order valence-corrected chi connectivity index (χ3v) is 4.43. The summed E-state index contributed by atoms with van der Waals surface area (Å²) >= 11 is 3.52. The van der Waals surface area contributed by atoms with Crippen molar-refractivity contribution in [2.75, 3.05) is 31.1 Å². The quantitative estimate of drug-likeness (QED) is 0.899. The number of aliphatic hydroxyl groups is 1. The van der Waals surface area contributed by atoms with E-state index < -0.39 is 6.10 Å². The highest BCUT2D eigenvalue weighted by molar-refractivity contribution is 9.10. The number of aliphatic hydroxyl groups excluding tert-OH is 1. The first-order valence-electron chi connectivity index (χ1n) is 6.97. The number of hydrogen-bond donors (Lipinski definition) is 1. The lowest BCUT2D eigenvalue weighted by atomic mass is 10.1. The van der Waals surface area contributed by atoms with Gasteiger partial charge in [-0.3, -0.25) is 4.79 Å². The summed E-state index contributed by atoms with van der Waals surface area (Å²) in [6.45, 7) is 6.79. The third kappa shape index (κ3) is 3.52. The lowest BCUT2D eigenvalue weighted by molar-refractivity contribution is -0.128. The summed E-state index contributed by atoms with van der Waals surface area (Å²) < 4.78 is 0.928. The zero-order valence-corrected chi connectivity index (χ0v) is 13.6. The van der Waals surface area contributed by atoms with Crippen LogP contribution >= 0.6 is 15.9 Å². The Balaban J connectivity index is 2.12. The molecule has 1 heterocycles. The molecule has 1 N–H and O–H groups in total. The summed E-state index contributed by atoms with van der Waals surface area (Å²) in [4.78, 5) is 15.6. The van der Waals surface area contributed by atoms with E-state index in [1.807, 2.05) is 23.1 Å². The van der Waals surface area contributed by atoms with Crippen LogP contribution in [0.4, 0.5) is 5.69 Å². The van der Waals surface area contributed by atoms with Crippen LogP contribution < -0.4 is 4.90 Å². The average molecular weight is 341 g/mol. The second-order valence-corrected chi connectivity index (χ2v) is 6.08. The van der Waals surface area contributed by atoms with Crippen LogP contribution in [0.15, 0.2) is 22.7 Å². The van der Waals surface area contributed by atoms with Crippen LogP contribution in [0.25, 0.3) is 0 Å². The third-order valence-electron chi connectivity index (χ3n) is 3.74. The molecule has 5 heteroatoms. The monoisotopic (exact) mass is 340 g/mol. The number of amides is 1. The van der Waals surface area contributed by atoms with Gasteiger partial charge < -0.3 is 14.9 Å². The van der Waals surface area contributed by atoms with Gasteiger partial charge in [-0.15, -0.1) is 0 Å². The van der Waals surface area contributed by atoms with Gasteiger partial charge in [0.2, 0.25) is 5.91 Å². The Morgan fingerprint density at radius 3 is 2.65 bits per heavy atom. The molecule has 0 aliphatic carbocycles. The minimum atomic E-state index is -0.476. The summed E-state index contributed by atoms with van der Waals surface area (Å²) in [6.07, 6.45) is 0.505. The van der Waals surface area contributed by atoms with Crippen molar-refractivity contribution < 1.29 is 9.90 Å². The molecule has 1 aliphatic heterocycles. The lowest BCUT2D eigenvalue weighted by Crippen LogP contribution is -2.33. The number of carbonyl (C=O) groups excluding carboxylic acids is 1. The van der Waals surface area contributed by atoms with E-state index in [1.54, 1.807) is 13.8 Å². The van der Waals surface area contributed by atoms with Crippen LogP contribution in [0.5, 0.6) is 0 Å². The number of hydrogen-bond acceptors (Lipinski definition) is 3. The molecule has 20 heavy (non-hydrogen) atoms. The van der Waals surface area contributed by atoms with Crippen LogP contribution in [0.1, 0.15) is 31.9 Å². The van der Waals surface area contributed by atoms with Gasteiger partial charge in [-0.05, 0) is 31.0 Å². The first-order chi connectivity index (χ1) is 9.49. The molecule has 110 valence electrons. The number of nitrogens with zero attached hydrogens (tertiary/aromatic N) is 2.